The third-order valence-electron chi connectivity index (χ3n) is 2.67. The summed E-state index contributed by atoms with van der Waals surface area (Å²) in [4.78, 5) is 4.57. The van der Waals surface area contributed by atoms with Gasteiger partial charge in [-0.05, 0) is 17.7 Å². The van der Waals surface area contributed by atoms with Crippen molar-refractivity contribution in [1.82, 2.24) is 0 Å². The molecule has 3 heteroatoms. The molecule has 3 nitrogen and oxygen atoms in total. The minimum absolute atomic E-state index is 0.142. The predicted octanol–water partition coefficient (Wildman–Crippen LogP) is 2.82. The van der Waals surface area contributed by atoms with Gasteiger partial charge >= 0.3 is 0 Å². The number of rotatable bonds is 3. The zero-order chi connectivity index (χ0) is 11.5. The van der Waals surface area contributed by atoms with E-state index < -0.39 is 0 Å². The van der Waals surface area contributed by atoms with Crippen LogP contribution in [-0.2, 0) is 4.74 Å². The van der Waals surface area contributed by atoms with Gasteiger partial charge in [0, 0.05) is 5.92 Å². The summed E-state index contributed by atoms with van der Waals surface area (Å²) in [6, 6.07) is 8.14. The van der Waals surface area contributed by atoms with Crippen molar-refractivity contribution in [2.75, 3.05) is 13.7 Å². The van der Waals surface area contributed by atoms with Gasteiger partial charge in [0.1, 0.15) is 18.4 Å². The third-order valence-corrected chi connectivity index (χ3v) is 2.67. The van der Waals surface area contributed by atoms with Crippen molar-refractivity contribution in [2.24, 2.45) is 10.9 Å². The Kier molecular flexibility index (Phi) is 3.13. The Balaban J connectivity index is 2.13. The van der Waals surface area contributed by atoms with Crippen LogP contribution in [0.15, 0.2) is 29.3 Å². The van der Waals surface area contributed by atoms with Gasteiger partial charge in [-0.2, -0.15) is 0 Å². The lowest BCUT2D eigenvalue weighted by atomic mass is 10.1. The number of nitrogens with zero attached hydrogens (tertiary/aromatic N) is 1. The minimum Gasteiger partial charge on any atom is -0.497 e. The van der Waals surface area contributed by atoms with E-state index >= 15 is 0 Å². The van der Waals surface area contributed by atoms with Crippen LogP contribution < -0.4 is 4.74 Å². The zero-order valence-corrected chi connectivity index (χ0v) is 9.93. The smallest absolute Gasteiger partial charge is 0.186 e. The summed E-state index contributed by atoms with van der Waals surface area (Å²) in [6.07, 6.45) is 0. The standard InChI is InChI=1S/C13H17NO2/c1-9(2)13-14-12(8-16-13)10-4-6-11(15-3)7-5-10/h4-7,9,12H,8H2,1-3H3. The molecule has 0 bridgehead atoms. The molecule has 0 N–H and O–H groups in total. The van der Waals surface area contributed by atoms with Gasteiger partial charge in [-0.25, -0.2) is 4.99 Å². The summed E-state index contributed by atoms with van der Waals surface area (Å²) >= 11 is 0. The fourth-order valence-electron chi connectivity index (χ4n) is 1.71. The topological polar surface area (TPSA) is 30.8 Å². The monoisotopic (exact) mass is 219 g/mol. The first-order valence-electron chi connectivity index (χ1n) is 5.55. The molecule has 0 aromatic heterocycles. The number of aliphatic imine (C=N–C) groups is 1. The molecule has 0 spiro atoms. The summed E-state index contributed by atoms with van der Waals surface area (Å²) in [5.41, 5.74) is 1.18. The van der Waals surface area contributed by atoms with E-state index in [9.17, 15) is 0 Å². The summed E-state index contributed by atoms with van der Waals surface area (Å²) < 4.78 is 10.7. The highest BCUT2D eigenvalue weighted by atomic mass is 16.5. The van der Waals surface area contributed by atoms with Crippen LogP contribution in [0, 0.1) is 5.92 Å². The minimum atomic E-state index is 0.142. The first-order chi connectivity index (χ1) is 7.70. The van der Waals surface area contributed by atoms with Crippen molar-refractivity contribution in [3.63, 3.8) is 0 Å². The lowest BCUT2D eigenvalue weighted by molar-refractivity contribution is 0.303. The average Bonchev–Trinajstić information content (AvgIpc) is 2.78. The van der Waals surface area contributed by atoms with E-state index in [0.29, 0.717) is 12.5 Å². The number of hydrogen-bond donors (Lipinski definition) is 0. The van der Waals surface area contributed by atoms with Crippen LogP contribution in [0.4, 0.5) is 0 Å². The van der Waals surface area contributed by atoms with Gasteiger partial charge in [0.05, 0.1) is 7.11 Å². The van der Waals surface area contributed by atoms with Crippen molar-refractivity contribution >= 4 is 5.90 Å². The van der Waals surface area contributed by atoms with E-state index in [-0.39, 0.29) is 6.04 Å². The molecule has 0 saturated carbocycles. The van der Waals surface area contributed by atoms with Crippen molar-refractivity contribution in [3.8, 4) is 5.75 Å². The van der Waals surface area contributed by atoms with E-state index in [1.54, 1.807) is 7.11 Å². The van der Waals surface area contributed by atoms with E-state index in [0.717, 1.165) is 11.6 Å². The molecule has 0 radical (unpaired) electrons. The fraction of sp³-hybridized carbons (Fsp3) is 0.462. The molecule has 1 unspecified atom stereocenters. The van der Waals surface area contributed by atoms with Crippen LogP contribution in [-0.4, -0.2) is 19.6 Å². The third kappa shape index (κ3) is 2.18. The number of hydrogen-bond acceptors (Lipinski definition) is 3. The van der Waals surface area contributed by atoms with Crippen LogP contribution >= 0.6 is 0 Å². The van der Waals surface area contributed by atoms with Crippen molar-refractivity contribution in [1.29, 1.82) is 0 Å². The summed E-state index contributed by atoms with van der Waals surface area (Å²) in [7, 11) is 1.67. The molecule has 1 aromatic rings. The van der Waals surface area contributed by atoms with Gasteiger partial charge in [0.15, 0.2) is 5.90 Å². The van der Waals surface area contributed by atoms with Crippen LogP contribution in [0.1, 0.15) is 25.5 Å². The molecule has 0 saturated heterocycles. The quantitative estimate of drug-likeness (QED) is 0.782. The molecule has 1 aromatic carbocycles. The molecular weight excluding hydrogens is 202 g/mol. The first-order valence-corrected chi connectivity index (χ1v) is 5.55. The van der Waals surface area contributed by atoms with E-state index in [1.807, 2.05) is 24.3 Å². The molecule has 2 rings (SSSR count). The average molecular weight is 219 g/mol. The molecular formula is C13H17NO2. The van der Waals surface area contributed by atoms with Gasteiger partial charge in [0.25, 0.3) is 0 Å². The van der Waals surface area contributed by atoms with Crippen LogP contribution in [0.3, 0.4) is 0 Å². The van der Waals surface area contributed by atoms with E-state index in [1.165, 1.54) is 5.56 Å². The maximum atomic E-state index is 5.56. The maximum absolute atomic E-state index is 5.56. The van der Waals surface area contributed by atoms with Gasteiger partial charge in [-0.3, -0.25) is 0 Å². The second-order valence-electron chi connectivity index (χ2n) is 4.22. The van der Waals surface area contributed by atoms with Gasteiger partial charge in [0.2, 0.25) is 0 Å². The Morgan fingerprint density at radius 2 is 2.00 bits per heavy atom. The molecule has 1 atom stereocenters. The summed E-state index contributed by atoms with van der Waals surface area (Å²) in [5.74, 6) is 2.10. The van der Waals surface area contributed by atoms with Crippen LogP contribution in [0.5, 0.6) is 5.75 Å². The van der Waals surface area contributed by atoms with Crippen molar-refractivity contribution < 1.29 is 9.47 Å². The van der Waals surface area contributed by atoms with E-state index in [2.05, 4.69) is 18.8 Å². The molecule has 0 amide bonds. The Labute approximate surface area is 96.1 Å². The van der Waals surface area contributed by atoms with Crippen molar-refractivity contribution in [3.05, 3.63) is 29.8 Å². The maximum Gasteiger partial charge on any atom is 0.186 e. The fourth-order valence-corrected chi connectivity index (χ4v) is 1.71. The predicted molar refractivity (Wildman–Crippen MR) is 64.0 cm³/mol. The normalized spacial score (nSPS) is 19.5. The molecule has 1 aliphatic rings. The molecule has 1 heterocycles. The highest BCUT2D eigenvalue weighted by Gasteiger charge is 2.22. The highest BCUT2D eigenvalue weighted by Crippen LogP contribution is 2.26. The van der Waals surface area contributed by atoms with Crippen LogP contribution in [0.25, 0.3) is 0 Å². The summed E-state index contributed by atoms with van der Waals surface area (Å²) in [6.45, 7) is 4.84. The highest BCUT2D eigenvalue weighted by molar-refractivity contribution is 5.79. The zero-order valence-electron chi connectivity index (χ0n) is 9.93. The van der Waals surface area contributed by atoms with Crippen molar-refractivity contribution in [2.45, 2.75) is 19.9 Å². The number of ether oxygens (including phenoxy) is 2. The first kappa shape index (κ1) is 11.0. The Morgan fingerprint density at radius 1 is 1.31 bits per heavy atom. The summed E-state index contributed by atoms with van der Waals surface area (Å²) in [5, 5.41) is 0. The van der Waals surface area contributed by atoms with Gasteiger partial charge in [-0.1, -0.05) is 26.0 Å². The molecule has 16 heavy (non-hydrogen) atoms. The largest absolute Gasteiger partial charge is 0.497 e. The Morgan fingerprint density at radius 3 is 2.50 bits per heavy atom. The lowest BCUT2D eigenvalue weighted by Gasteiger charge is -2.06. The number of methoxy groups -OCH3 is 1. The van der Waals surface area contributed by atoms with Gasteiger partial charge in [-0.15, -0.1) is 0 Å². The van der Waals surface area contributed by atoms with Gasteiger partial charge < -0.3 is 9.47 Å². The number of benzene rings is 1. The molecule has 0 aliphatic carbocycles. The molecule has 1 aliphatic heterocycles. The van der Waals surface area contributed by atoms with E-state index in [4.69, 9.17) is 9.47 Å². The second kappa shape index (κ2) is 4.56. The Bertz CT molecular complexity index is 381. The lowest BCUT2D eigenvalue weighted by Crippen LogP contribution is -2.06. The second-order valence-corrected chi connectivity index (χ2v) is 4.22. The SMILES string of the molecule is COc1ccc(C2COC(C(C)C)=N2)cc1. The molecule has 0 fully saturated rings. The Hall–Kier alpha value is -1.51. The van der Waals surface area contributed by atoms with Crippen LogP contribution in [0.2, 0.25) is 0 Å². The molecule has 86 valence electrons.